The fourth-order valence-corrected chi connectivity index (χ4v) is 2.42. The zero-order valence-electron chi connectivity index (χ0n) is 12.1. The van der Waals surface area contributed by atoms with Gasteiger partial charge >= 0.3 is 0 Å². The van der Waals surface area contributed by atoms with Crippen LogP contribution in [0.25, 0.3) is 11.5 Å². The SMILES string of the molecule is CCN(CC)c1ccc(-c2nnc(SCC(N)=O)o2)cc1. The summed E-state index contributed by atoms with van der Waals surface area (Å²) in [6.45, 7) is 6.17. The number of benzene rings is 1. The number of thioether (sulfide) groups is 1. The molecule has 0 aliphatic heterocycles. The molecule has 1 heterocycles. The Balaban J connectivity index is 2.10. The Labute approximate surface area is 127 Å². The number of amides is 1. The van der Waals surface area contributed by atoms with Crippen molar-refractivity contribution in [1.29, 1.82) is 0 Å². The van der Waals surface area contributed by atoms with Gasteiger partial charge in [0.25, 0.3) is 5.22 Å². The van der Waals surface area contributed by atoms with E-state index in [1.807, 2.05) is 24.3 Å². The minimum atomic E-state index is -0.414. The molecule has 0 spiro atoms. The van der Waals surface area contributed by atoms with Gasteiger partial charge in [-0.2, -0.15) is 0 Å². The molecule has 0 unspecified atom stereocenters. The lowest BCUT2D eigenvalue weighted by molar-refractivity contribution is -0.115. The third-order valence-corrected chi connectivity index (χ3v) is 3.83. The number of carbonyl (C=O) groups excluding carboxylic acids is 1. The van der Waals surface area contributed by atoms with Crippen LogP contribution in [0.2, 0.25) is 0 Å². The summed E-state index contributed by atoms with van der Waals surface area (Å²) in [6, 6.07) is 7.96. The maximum atomic E-state index is 10.7. The van der Waals surface area contributed by atoms with E-state index < -0.39 is 5.91 Å². The summed E-state index contributed by atoms with van der Waals surface area (Å²) in [5.74, 6) is 0.152. The maximum Gasteiger partial charge on any atom is 0.277 e. The number of rotatable bonds is 7. The van der Waals surface area contributed by atoms with Crippen LogP contribution in [0.3, 0.4) is 0 Å². The molecular weight excluding hydrogens is 288 g/mol. The Bertz CT molecular complexity index is 593. The highest BCUT2D eigenvalue weighted by molar-refractivity contribution is 7.99. The molecule has 2 aromatic rings. The highest BCUT2D eigenvalue weighted by Gasteiger charge is 2.10. The summed E-state index contributed by atoms with van der Waals surface area (Å²) in [6.07, 6.45) is 0. The fraction of sp³-hybridized carbons (Fsp3) is 0.357. The molecule has 0 radical (unpaired) electrons. The van der Waals surface area contributed by atoms with Gasteiger partial charge < -0.3 is 15.1 Å². The molecule has 0 aliphatic carbocycles. The van der Waals surface area contributed by atoms with Gasteiger partial charge in [-0.25, -0.2) is 0 Å². The van der Waals surface area contributed by atoms with Crippen molar-refractivity contribution < 1.29 is 9.21 Å². The second kappa shape index (κ2) is 7.12. The first-order valence-electron chi connectivity index (χ1n) is 6.74. The molecule has 1 aromatic heterocycles. The zero-order valence-corrected chi connectivity index (χ0v) is 12.9. The minimum absolute atomic E-state index is 0.128. The molecule has 112 valence electrons. The number of hydrogen-bond acceptors (Lipinski definition) is 6. The molecule has 0 aliphatic rings. The molecule has 6 nitrogen and oxygen atoms in total. The maximum absolute atomic E-state index is 10.7. The van der Waals surface area contributed by atoms with Crippen LogP contribution in [0.5, 0.6) is 0 Å². The van der Waals surface area contributed by atoms with Gasteiger partial charge in [-0.05, 0) is 38.1 Å². The third-order valence-electron chi connectivity index (χ3n) is 2.99. The van der Waals surface area contributed by atoms with E-state index in [1.165, 1.54) is 0 Å². The average Bonchev–Trinajstić information content (AvgIpc) is 2.96. The molecule has 0 atom stereocenters. The average molecular weight is 306 g/mol. The van der Waals surface area contributed by atoms with E-state index in [0.717, 1.165) is 36.1 Å². The van der Waals surface area contributed by atoms with E-state index in [0.29, 0.717) is 11.1 Å². The van der Waals surface area contributed by atoms with Crippen LogP contribution in [0.1, 0.15) is 13.8 Å². The van der Waals surface area contributed by atoms with Crippen LogP contribution in [0, 0.1) is 0 Å². The van der Waals surface area contributed by atoms with E-state index >= 15 is 0 Å². The molecular formula is C14H18N4O2S. The van der Waals surface area contributed by atoms with Crippen molar-refractivity contribution >= 4 is 23.4 Å². The predicted octanol–water partition coefficient (Wildman–Crippen LogP) is 2.16. The molecule has 0 saturated carbocycles. The number of aromatic nitrogens is 2. The molecule has 0 saturated heterocycles. The van der Waals surface area contributed by atoms with Gasteiger partial charge in [-0.15, -0.1) is 10.2 Å². The molecule has 1 aromatic carbocycles. The van der Waals surface area contributed by atoms with E-state index in [9.17, 15) is 4.79 Å². The summed E-state index contributed by atoms with van der Waals surface area (Å²) in [7, 11) is 0. The minimum Gasteiger partial charge on any atom is -0.411 e. The van der Waals surface area contributed by atoms with E-state index in [4.69, 9.17) is 10.2 Å². The molecule has 21 heavy (non-hydrogen) atoms. The van der Waals surface area contributed by atoms with Crippen molar-refractivity contribution in [2.75, 3.05) is 23.7 Å². The van der Waals surface area contributed by atoms with Crippen molar-refractivity contribution in [3.63, 3.8) is 0 Å². The van der Waals surface area contributed by atoms with Gasteiger partial charge in [0, 0.05) is 24.3 Å². The topological polar surface area (TPSA) is 85.3 Å². The Morgan fingerprint density at radius 2 is 1.90 bits per heavy atom. The largest absolute Gasteiger partial charge is 0.411 e. The van der Waals surface area contributed by atoms with Crippen molar-refractivity contribution in [2.45, 2.75) is 19.1 Å². The standard InChI is InChI=1S/C14H18N4O2S/c1-3-18(4-2)11-7-5-10(6-8-11)13-16-17-14(20-13)21-9-12(15)19/h5-8H,3-4,9H2,1-2H3,(H2,15,19). The predicted molar refractivity (Wildman–Crippen MR) is 83.2 cm³/mol. The quantitative estimate of drug-likeness (QED) is 0.789. The molecule has 1 amide bonds. The Hall–Kier alpha value is -2.02. The van der Waals surface area contributed by atoms with Gasteiger partial charge in [-0.1, -0.05) is 11.8 Å². The molecule has 2 rings (SSSR count). The summed E-state index contributed by atoms with van der Waals surface area (Å²) in [5, 5.41) is 8.20. The third kappa shape index (κ3) is 3.98. The number of primary amides is 1. The summed E-state index contributed by atoms with van der Waals surface area (Å²) in [4.78, 5) is 13.0. The Kier molecular flexibility index (Phi) is 5.21. The lowest BCUT2D eigenvalue weighted by Gasteiger charge is -2.20. The first-order chi connectivity index (χ1) is 10.1. The van der Waals surface area contributed by atoms with Crippen LogP contribution in [0.4, 0.5) is 5.69 Å². The Morgan fingerprint density at radius 3 is 2.48 bits per heavy atom. The molecule has 0 fully saturated rings. The number of carbonyl (C=O) groups is 1. The lowest BCUT2D eigenvalue weighted by atomic mass is 10.2. The van der Waals surface area contributed by atoms with Gasteiger partial charge in [0.05, 0.1) is 5.75 Å². The van der Waals surface area contributed by atoms with Crippen LogP contribution in [0.15, 0.2) is 33.9 Å². The normalized spacial score (nSPS) is 10.6. The first-order valence-corrected chi connectivity index (χ1v) is 7.72. The van der Waals surface area contributed by atoms with Crippen LogP contribution in [-0.2, 0) is 4.79 Å². The van der Waals surface area contributed by atoms with E-state index in [2.05, 4.69) is 28.9 Å². The molecule has 7 heteroatoms. The summed E-state index contributed by atoms with van der Waals surface area (Å²) < 4.78 is 5.49. The highest BCUT2D eigenvalue weighted by atomic mass is 32.2. The van der Waals surface area contributed by atoms with E-state index in [1.54, 1.807) is 0 Å². The molecule has 0 bridgehead atoms. The van der Waals surface area contributed by atoms with Gasteiger partial charge in [0.2, 0.25) is 11.8 Å². The monoisotopic (exact) mass is 306 g/mol. The van der Waals surface area contributed by atoms with Crippen molar-refractivity contribution in [3.05, 3.63) is 24.3 Å². The smallest absolute Gasteiger partial charge is 0.277 e. The van der Waals surface area contributed by atoms with Gasteiger partial charge in [0.15, 0.2) is 0 Å². The van der Waals surface area contributed by atoms with Crippen molar-refractivity contribution in [1.82, 2.24) is 10.2 Å². The number of nitrogens with zero attached hydrogens (tertiary/aromatic N) is 3. The summed E-state index contributed by atoms with van der Waals surface area (Å²) in [5.41, 5.74) is 7.09. The highest BCUT2D eigenvalue weighted by Crippen LogP contribution is 2.25. The molecule has 2 N–H and O–H groups in total. The fourth-order valence-electron chi connectivity index (χ4n) is 1.92. The van der Waals surface area contributed by atoms with Crippen LogP contribution < -0.4 is 10.6 Å². The lowest BCUT2D eigenvalue weighted by Crippen LogP contribution is -2.21. The number of hydrogen-bond donors (Lipinski definition) is 1. The van der Waals surface area contributed by atoms with Gasteiger partial charge in [-0.3, -0.25) is 4.79 Å². The number of nitrogens with two attached hydrogens (primary N) is 1. The zero-order chi connectivity index (χ0) is 15.2. The Morgan fingerprint density at radius 1 is 1.24 bits per heavy atom. The van der Waals surface area contributed by atoms with Crippen LogP contribution in [-0.4, -0.2) is 34.9 Å². The van der Waals surface area contributed by atoms with Crippen molar-refractivity contribution in [2.24, 2.45) is 5.73 Å². The van der Waals surface area contributed by atoms with Crippen LogP contribution >= 0.6 is 11.8 Å². The first kappa shape index (κ1) is 15.4. The van der Waals surface area contributed by atoms with Crippen molar-refractivity contribution in [3.8, 4) is 11.5 Å². The van der Waals surface area contributed by atoms with Gasteiger partial charge in [0.1, 0.15) is 0 Å². The number of anilines is 1. The second-order valence-corrected chi connectivity index (χ2v) is 5.27. The summed E-state index contributed by atoms with van der Waals surface area (Å²) >= 11 is 1.14. The second-order valence-electron chi connectivity index (χ2n) is 4.35. The van der Waals surface area contributed by atoms with E-state index in [-0.39, 0.29) is 5.75 Å².